The van der Waals surface area contributed by atoms with Gasteiger partial charge in [-0.15, -0.1) is 11.8 Å². The van der Waals surface area contributed by atoms with E-state index in [1.165, 1.54) is 11.8 Å². The van der Waals surface area contributed by atoms with Crippen LogP contribution in [0.1, 0.15) is 31.4 Å². The van der Waals surface area contributed by atoms with Gasteiger partial charge in [-0.2, -0.15) is 0 Å². The molecule has 31 heavy (non-hydrogen) atoms. The number of thioether (sulfide) groups is 1. The van der Waals surface area contributed by atoms with Gasteiger partial charge in [-0.3, -0.25) is 9.59 Å². The number of hydrogen-bond donors (Lipinski definition) is 1. The molecule has 0 spiro atoms. The number of halogens is 4. The van der Waals surface area contributed by atoms with Crippen molar-refractivity contribution in [2.24, 2.45) is 0 Å². The van der Waals surface area contributed by atoms with Gasteiger partial charge in [0.2, 0.25) is 11.8 Å². The minimum absolute atomic E-state index is 0.153. The Hall–Kier alpha value is -1.11. The molecule has 4 nitrogen and oxygen atoms in total. The van der Waals surface area contributed by atoms with E-state index in [-0.39, 0.29) is 24.1 Å². The summed E-state index contributed by atoms with van der Waals surface area (Å²) in [6, 6.07) is 9.95. The van der Waals surface area contributed by atoms with Gasteiger partial charge in [-0.05, 0) is 43.2 Å². The lowest BCUT2D eigenvalue weighted by Gasteiger charge is -2.31. The van der Waals surface area contributed by atoms with Crippen LogP contribution in [-0.2, 0) is 21.9 Å². The molecule has 0 aliphatic heterocycles. The second kappa shape index (κ2) is 12.8. The average molecular weight is 522 g/mol. The van der Waals surface area contributed by atoms with E-state index in [2.05, 4.69) is 5.32 Å². The quantitative estimate of drug-likeness (QED) is 0.389. The van der Waals surface area contributed by atoms with Gasteiger partial charge in [0.25, 0.3) is 0 Å². The Morgan fingerprint density at radius 3 is 2.26 bits per heavy atom. The predicted octanol–water partition coefficient (Wildman–Crippen LogP) is 6.48. The number of nitrogens with one attached hydrogen (secondary N) is 1. The van der Waals surface area contributed by atoms with Crippen molar-refractivity contribution in [2.75, 3.05) is 12.3 Å². The highest BCUT2D eigenvalue weighted by atomic mass is 35.5. The zero-order valence-corrected chi connectivity index (χ0v) is 21.1. The van der Waals surface area contributed by atoms with E-state index < -0.39 is 6.04 Å². The van der Waals surface area contributed by atoms with Crippen LogP contribution in [0, 0.1) is 0 Å². The molecule has 2 rings (SSSR count). The summed E-state index contributed by atoms with van der Waals surface area (Å²) in [5.41, 5.74) is 1.58. The summed E-state index contributed by atoms with van der Waals surface area (Å²) in [4.78, 5) is 27.4. The maximum atomic E-state index is 13.2. The molecule has 0 heterocycles. The van der Waals surface area contributed by atoms with Crippen LogP contribution in [0.5, 0.6) is 0 Å². The minimum Gasteiger partial charge on any atom is -0.355 e. The number of nitrogens with zero attached hydrogens (tertiary/aromatic N) is 1. The molecule has 168 valence electrons. The number of hydrogen-bond acceptors (Lipinski definition) is 3. The van der Waals surface area contributed by atoms with Gasteiger partial charge in [-0.25, -0.2) is 0 Å². The molecule has 1 N–H and O–H groups in total. The van der Waals surface area contributed by atoms with Crippen LogP contribution < -0.4 is 5.32 Å². The fraction of sp³-hybridized carbons (Fsp3) is 0.364. The lowest BCUT2D eigenvalue weighted by molar-refractivity contribution is -0.139. The third kappa shape index (κ3) is 7.47. The average Bonchev–Trinajstić information content (AvgIpc) is 2.72. The maximum Gasteiger partial charge on any atom is 0.242 e. The van der Waals surface area contributed by atoms with Gasteiger partial charge in [0.15, 0.2) is 0 Å². The molecule has 2 aromatic carbocycles. The smallest absolute Gasteiger partial charge is 0.242 e. The Kier molecular flexibility index (Phi) is 10.8. The number of likely N-dealkylation sites (N-methyl/N-ethyl adjacent to an activating group) is 1. The molecule has 0 saturated heterocycles. The fourth-order valence-corrected chi connectivity index (χ4v) is 4.73. The summed E-state index contributed by atoms with van der Waals surface area (Å²) < 4.78 is 0. The molecule has 1 atom stereocenters. The van der Waals surface area contributed by atoms with Crippen molar-refractivity contribution in [3.05, 3.63) is 67.6 Å². The van der Waals surface area contributed by atoms with Crippen molar-refractivity contribution in [1.82, 2.24) is 10.2 Å². The van der Waals surface area contributed by atoms with Crippen LogP contribution in [-0.4, -0.2) is 35.1 Å². The molecule has 0 bridgehead atoms. The number of benzene rings is 2. The van der Waals surface area contributed by atoms with E-state index in [1.807, 2.05) is 19.9 Å². The third-order valence-corrected chi connectivity index (χ3v) is 7.04. The highest BCUT2D eigenvalue weighted by molar-refractivity contribution is 7.99. The molecule has 2 amide bonds. The van der Waals surface area contributed by atoms with E-state index in [1.54, 1.807) is 35.2 Å². The summed E-state index contributed by atoms with van der Waals surface area (Å²) in [7, 11) is 0. The van der Waals surface area contributed by atoms with E-state index in [0.717, 1.165) is 5.56 Å². The summed E-state index contributed by atoms with van der Waals surface area (Å²) in [6.07, 6.45) is 0.469. The SMILES string of the molecule is CCNC(=O)C(CC)N(Cc1c(Cl)cccc1Cl)C(=O)CSCc1ccc(Cl)c(Cl)c1. The molecule has 9 heteroatoms. The van der Waals surface area contributed by atoms with E-state index in [4.69, 9.17) is 46.4 Å². The predicted molar refractivity (Wildman–Crippen MR) is 132 cm³/mol. The zero-order valence-electron chi connectivity index (χ0n) is 17.3. The molecular formula is C22H24Cl4N2O2S. The second-order valence-electron chi connectivity index (χ2n) is 6.78. The summed E-state index contributed by atoms with van der Waals surface area (Å²) in [5, 5.41) is 4.69. The first kappa shape index (κ1) is 26.1. The van der Waals surface area contributed by atoms with Gasteiger partial charge in [0.1, 0.15) is 6.04 Å². The normalized spacial score (nSPS) is 11.8. The molecule has 0 aliphatic rings. The van der Waals surface area contributed by atoms with E-state index in [9.17, 15) is 9.59 Å². The van der Waals surface area contributed by atoms with Crippen LogP contribution in [0.3, 0.4) is 0 Å². The Balaban J connectivity index is 2.18. The third-order valence-electron chi connectivity index (χ3n) is 4.61. The van der Waals surface area contributed by atoms with Crippen LogP contribution in [0.2, 0.25) is 20.1 Å². The Morgan fingerprint density at radius 2 is 1.68 bits per heavy atom. The highest BCUT2D eigenvalue weighted by Crippen LogP contribution is 2.28. The van der Waals surface area contributed by atoms with Crippen molar-refractivity contribution < 1.29 is 9.59 Å². The van der Waals surface area contributed by atoms with Gasteiger partial charge in [-0.1, -0.05) is 65.5 Å². The van der Waals surface area contributed by atoms with Crippen molar-refractivity contribution in [1.29, 1.82) is 0 Å². The van der Waals surface area contributed by atoms with Crippen molar-refractivity contribution in [2.45, 2.75) is 38.6 Å². The fourth-order valence-electron chi connectivity index (χ4n) is 3.03. The molecular weight excluding hydrogens is 498 g/mol. The lowest BCUT2D eigenvalue weighted by Crippen LogP contribution is -2.49. The van der Waals surface area contributed by atoms with Crippen molar-refractivity contribution >= 4 is 70.0 Å². The van der Waals surface area contributed by atoms with E-state index in [0.29, 0.717) is 44.4 Å². The van der Waals surface area contributed by atoms with Crippen molar-refractivity contribution in [3.63, 3.8) is 0 Å². The molecule has 0 saturated carbocycles. The minimum atomic E-state index is -0.620. The zero-order chi connectivity index (χ0) is 23.0. The first-order chi connectivity index (χ1) is 14.8. The summed E-state index contributed by atoms with van der Waals surface area (Å²) in [6.45, 7) is 4.35. The van der Waals surface area contributed by atoms with Gasteiger partial charge in [0.05, 0.1) is 15.8 Å². The monoisotopic (exact) mass is 520 g/mol. The number of carbonyl (C=O) groups is 2. The van der Waals surface area contributed by atoms with Gasteiger partial charge >= 0.3 is 0 Å². The Labute approximate surface area is 207 Å². The number of amides is 2. The van der Waals surface area contributed by atoms with Crippen LogP contribution in [0.25, 0.3) is 0 Å². The summed E-state index contributed by atoms with van der Waals surface area (Å²) >= 11 is 26.1. The standard InChI is InChI=1S/C22H24Cl4N2O2S/c1-3-20(22(30)27-4-2)28(11-15-16(23)6-5-7-17(15)24)21(29)13-31-12-14-8-9-18(25)19(26)10-14/h5-10,20H,3-4,11-13H2,1-2H3,(H,27,30). The molecule has 2 aromatic rings. The maximum absolute atomic E-state index is 13.2. The molecule has 0 aliphatic carbocycles. The molecule has 0 radical (unpaired) electrons. The first-order valence-corrected chi connectivity index (χ1v) is 12.5. The lowest BCUT2D eigenvalue weighted by atomic mass is 10.1. The van der Waals surface area contributed by atoms with E-state index >= 15 is 0 Å². The largest absolute Gasteiger partial charge is 0.355 e. The highest BCUT2D eigenvalue weighted by Gasteiger charge is 2.29. The molecule has 0 aromatic heterocycles. The van der Waals surface area contributed by atoms with Crippen LogP contribution >= 0.6 is 58.2 Å². The van der Waals surface area contributed by atoms with Gasteiger partial charge in [0, 0.05) is 34.5 Å². The van der Waals surface area contributed by atoms with Crippen LogP contribution in [0.15, 0.2) is 36.4 Å². The first-order valence-electron chi connectivity index (χ1n) is 9.80. The molecule has 0 fully saturated rings. The Morgan fingerprint density at radius 1 is 1.00 bits per heavy atom. The summed E-state index contributed by atoms with van der Waals surface area (Å²) in [5.74, 6) is 0.412. The molecule has 1 unspecified atom stereocenters. The topological polar surface area (TPSA) is 49.4 Å². The van der Waals surface area contributed by atoms with Crippen molar-refractivity contribution in [3.8, 4) is 0 Å². The Bertz CT molecular complexity index is 906. The second-order valence-corrected chi connectivity index (χ2v) is 9.40. The number of carbonyl (C=O) groups excluding carboxylic acids is 2. The van der Waals surface area contributed by atoms with Gasteiger partial charge < -0.3 is 10.2 Å². The number of rotatable bonds is 10. The van der Waals surface area contributed by atoms with Crippen LogP contribution in [0.4, 0.5) is 0 Å².